The maximum Gasteiger partial charge on any atom is 0.292 e. The van der Waals surface area contributed by atoms with E-state index in [0.717, 1.165) is 24.2 Å². The zero-order valence-electron chi connectivity index (χ0n) is 14.6. The number of carbonyl (C=O) groups is 1. The molecule has 1 aromatic carbocycles. The van der Waals surface area contributed by atoms with Crippen molar-refractivity contribution in [2.75, 3.05) is 18.4 Å². The van der Waals surface area contributed by atoms with E-state index in [1.165, 1.54) is 11.4 Å². The van der Waals surface area contributed by atoms with Crippen molar-refractivity contribution in [2.24, 2.45) is 0 Å². The number of hydrogen-bond acceptors (Lipinski definition) is 4. The Morgan fingerprint density at radius 2 is 2.00 bits per heavy atom. The van der Waals surface area contributed by atoms with E-state index in [1.54, 1.807) is 6.07 Å². The maximum absolute atomic E-state index is 12.6. The molecule has 1 fully saturated rings. The van der Waals surface area contributed by atoms with Crippen LogP contribution < -0.4 is 5.32 Å². The summed E-state index contributed by atoms with van der Waals surface area (Å²) in [4.78, 5) is 14.5. The first-order valence-corrected chi connectivity index (χ1v) is 8.94. The third-order valence-electron chi connectivity index (χ3n) is 5.52. The zero-order chi connectivity index (χ0) is 17.7. The van der Waals surface area contributed by atoms with Gasteiger partial charge in [-0.1, -0.05) is 17.3 Å². The summed E-state index contributed by atoms with van der Waals surface area (Å²) < 4.78 is 7.41. The van der Waals surface area contributed by atoms with Crippen molar-refractivity contribution in [3.8, 4) is 5.69 Å². The van der Waals surface area contributed by atoms with Crippen molar-refractivity contribution in [1.82, 2.24) is 14.6 Å². The first kappa shape index (κ1) is 15.3. The van der Waals surface area contributed by atoms with Gasteiger partial charge in [0, 0.05) is 31.0 Å². The summed E-state index contributed by atoms with van der Waals surface area (Å²) in [6.07, 6.45) is 3.82. The number of aromatic nitrogens is 2. The van der Waals surface area contributed by atoms with Crippen LogP contribution in [0.5, 0.6) is 0 Å². The van der Waals surface area contributed by atoms with Gasteiger partial charge in [-0.15, -0.1) is 0 Å². The van der Waals surface area contributed by atoms with Crippen LogP contribution in [0.2, 0.25) is 0 Å². The van der Waals surface area contributed by atoms with Crippen LogP contribution in [0.15, 0.2) is 53.2 Å². The number of nitrogens with zero attached hydrogens (tertiary/aromatic N) is 3. The number of nitrogens with one attached hydrogen (secondary N) is 1. The SMILES string of the molecule is Cc1cc(C(=O)N2CCC3(CC2)Nc2ccccc2-n2cccc23)on1. The summed E-state index contributed by atoms with van der Waals surface area (Å²) in [6, 6.07) is 14.3. The zero-order valence-corrected chi connectivity index (χ0v) is 14.6. The second-order valence-corrected chi connectivity index (χ2v) is 7.11. The summed E-state index contributed by atoms with van der Waals surface area (Å²) in [5.41, 5.74) is 4.16. The standard InChI is InChI=1S/C20H20N4O2/c1-14-13-17(26-22-14)19(25)23-11-8-20(9-12-23)18-7-4-10-24(18)16-6-3-2-5-15(16)21-20/h2-7,10,13,21H,8-9,11-12H2,1H3. The van der Waals surface area contributed by atoms with Gasteiger partial charge in [0.25, 0.3) is 5.91 Å². The summed E-state index contributed by atoms with van der Waals surface area (Å²) >= 11 is 0. The number of likely N-dealkylation sites (tertiary alicyclic amines) is 1. The first-order valence-electron chi connectivity index (χ1n) is 8.94. The van der Waals surface area contributed by atoms with Crippen LogP contribution in [0.25, 0.3) is 5.69 Å². The fourth-order valence-corrected chi connectivity index (χ4v) is 4.19. The van der Waals surface area contributed by atoms with Gasteiger partial charge in [-0.25, -0.2) is 0 Å². The Morgan fingerprint density at radius 1 is 1.19 bits per heavy atom. The van der Waals surface area contributed by atoms with E-state index in [-0.39, 0.29) is 11.4 Å². The minimum absolute atomic E-state index is 0.0768. The fourth-order valence-electron chi connectivity index (χ4n) is 4.19. The topological polar surface area (TPSA) is 63.3 Å². The number of hydrogen-bond donors (Lipinski definition) is 1. The third kappa shape index (κ3) is 2.18. The van der Waals surface area contributed by atoms with Crippen LogP contribution in [-0.2, 0) is 5.54 Å². The van der Waals surface area contributed by atoms with E-state index in [9.17, 15) is 4.79 Å². The molecule has 5 rings (SSSR count). The summed E-state index contributed by atoms with van der Waals surface area (Å²) in [5, 5.41) is 7.59. The molecule has 1 spiro atoms. The molecule has 2 aliphatic rings. The Bertz CT molecular complexity index is 979. The fraction of sp³-hybridized carbons (Fsp3) is 0.300. The largest absolute Gasteiger partial charge is 0.372 e. The van der Waals surface area contributed by atoms with Crippen LogP contribution in [0, 0.1) is 6.92 Å². The van der Waals surface area contributed by atoms with Gasteiger partial charge in [0.2, 0.25) is 5.76 Å². The molecule has 0 atom stereocenters. The quantitative estimate of drug-likeness (QED) is 0.733. The van der Waals surface area contributed by atoms with Gasteiger partial charge < -0.3 is 19.3 Å². The molecule has 6 heteroatoms. The molecule has 0 saturated carbocycles. The molecule has 2 aliphatic heterocycles. The highest BCUT2D eigenvalue weighted by Crippen LogP contribution is 2.43. The lowest BCUT2D eigenvalue weighted by atomic mass is 9.82. The molecule has 132 valence electrons. The van der Waals surface area contributed by atoms with Crippen LogP contribution in [0.3, 0.4) is 0 Å². The highest BCUT2D eigenvalue weighted by Gasteiger charge is 2.42. The van der Waals surface area contributed by atoms with Gasteiger partial charge in [-0.3, -0.25) is 4.79 Å². The van der Waals surface area contributed by atoms with Crippen LogP contribution in [0.4, 0.5) is 5.69 Å². The molecule has 6 nitrogen and oxygen atoms in total. The highest BCUT2D eigenvalue weighted by molar-refractivity contribution is 5.91. The molecular formula is C20H20N4O2. The Labute approximate surface area is 151 Å². The normalized spacial score (nSPS) is 17.5. The second kappa shape index (κ2) is 5.49. The minimum Gasteiger partial charge on any atom is -0.372 e. The second-order valence-electron chi connectivity index (χ2n) is 7.11. The number of benzene rings is 1. The number of para-hydroxylation sites is 2. The van der Waals surface area contributed by atoms with Crippen molar-refractivity contribution >= 4 is 11.6 Å². The first-order chi connectivity index (χ1) is 12.7. The average molecular weight is 348 g/mol. The Kier molecular flexibility index (Phi) is 3.22. The smallest absolute Gasteiger partial charge is 0.292 e. The number of anilines is 1. The van der Waals surface area contributed by atoms with Crippen LogP contribution in [0.1, 0.15) is 34.8 Å². The molecular weight excluding hydrogens is 328 g/mol. The summed E-state index contributed by atoms with van der Waals surface area (Å²) in [7, 11) is 0. The van der Waals surface area contributed by atoms with Crippen molar-refractivity contribution in [1.29, 1.82) is 0 Å². The number of aryl methyl sites for hydroxylation is 1. The highest BCUT2D eigenvalue weighted by atomic mass is 16.5. The van der Waals surface area contributed by atoms with Crippen LogP contribution >= 0.6 is 0 Å². The number of fused-ring (bicyclic) bond motifs is 4. The molecule has 2 aromatic heterocycles. The van der Waals surface area contributed by atoms with Gasteiger partial charge in [-0.2, -0.15) is 0 Å². The number of rotatable bonds is 1. The number of carbonyl (C=O) groups excluding carboxylic acids is 1. The molecule has 1 amide bonds. The van der Waals surface area contributed by atoms with Gasteiger partial charge >= 0.3 is 0 Å². The molecule has 0 aliphatic carbocycles. The molecule has 0 unspecified atom stereocenters. The lowest BCUT2D eigenvalue weighted by Crippen LogP contribution is -2.51. The molecule has 1 saturated heterocycles. The molecule has 0 bridgehead atoms. The van der Waals surface area contributed by atoms with Crippen molar-refractivity contribution in [3.63, 3.8) is 0 Å². The maximum atomic E-state index is 12.6. The third-order valence-corrected chi connectivity index (χ3v) is 5.52. The van der Waals surface area contributed by atoms with E-state index in [2.05, 4.69) is 57.6 Å². The minimum atomic E-state index is -0.147. The Balaban J connectivity index is 1.42. The van der Waals surface area contributed by atoms with E-state index in [4.69, 9.17) is 4.52 Å². The molecule has 26 heavy (non-hydrogen) atoms. The van der Waals surface area contributed by atoms with E-state index in [0.29, 0.717) is 18.8 Å². The van der Waals surface area contributed by atoms with Crippen LogP contribution in [-0.4, -0.2) is 33.6 Å². The van der Waals surface area contributed by atoms with E-state index in [1.807, 2.05) is 11.8 Å². The molecule has 3 aromatic rings. The Hall–Kier alpha value is -3.02. The Morgan fingerprint density at radius 3 is 2.77 bits per heavy atom. The van der Waals surface area contributed by atoms with E-state index < -0.39 is 0 Å². The molecule has 4 heterocycles. The lowest BCUT2D eigenvalue weighted by Gasteiger charge is -2.46. The van der Waals surface area contributed by atoms with Gasteiger partial charge in [0.05, 0.1) is 22.6 Å². The number of amides is 1. The molecule has 1 N–H and O–H groups in total. The summed E-state index contributed by atoms with van der Waals surface area (Å²) in [5.74, 6) is 0.246. The van der Waals surface area contributed by atoms with Gasteiger partial charge in [-0.05, 0) is 44.0 Å². The monoisotopic (exact) mass is 348 g/mol. The van der Waals surface area contributed by atoms with Crippen molar-refractivity contribution in [2.45, 2.75) is 25.3 Å². The van der Waals surface area contributed by atoms with Crippen molar-refractivity contribution < 1.29 is 9.32 Å². The summed E-state index contributed by atoms with van der Waals surface area (Å²) in [6.45, 7) is 3.18. The predicted molar refractivity (Wildman–Crippen MR) is 97.4 cm³/mol. The van der Waals surface area contributed by atoms with Gasteiger partial charge in [0.1, 0.15) is 0 Å². The molecule has 0 radical (unpaired) electrons. The predicted octanol–water partition coefficient (Wildman–Crippen LogP) is 3.33. The van der Waals surface area contributed by atoms with Crippen molar-refractivity contribution in [3.05, 3.63) is 65.8 Å². The average Bonchev–Trinajstić information content (AvgIpc) is 3.32. The van der Waals surface area contributed by atoms with E-state index >= 15 is 0 Å². The van der Waals surface area contributed by atoms with Gasteiger partial charge in [0.15, 0.2) is 0 Å². The number of piperidine rings is 1. The lowest BCUT2D eigenvalue weighted by molar-refractivity contribution is 0.0635.